The Hall–Kier alpha value is -1.56. The van der Waals surface area contributed by atoms with E-state index in [1.807, 2.05) is 0 Å². The van der Waals surface area contributed by atoms with Crippen LogP contribution in [-0.4, -0.2) is 19.1 Å². The molecule has 14 heavy (non-hydrogen) atoms. The lowest BCUT2D eigenvalue weighted by atomic mass is 10.5. The molecule has 1 N–H and O–H groups in total. The van der Waals surface area contributed by atoms with E-state index in [-0.39, 0.29) is 16.4 Å². The second-order valence-electron chi connectivity index (χ2n) is 2.93. The molecule has 2 aromatic heterocycles. The Kier molecular flexibility index (Phi) is 1.75. The first-order valence-corrected chi connectivity index (χ1v) is 4.21. The molecule has 0 amide bonds. The van der Waals surface area contributed by atoms with Crippen LogP contribution in [0.15, 0.2) is 9.59 Å². The van der Waals surface area contributed by atoms with Crippen LogP contribution in [0.2, 0.25) is 5.28 Å². The second kappa shape index (κ2) is 2.71. The molecule has 0 unspecified atom stereocenters. The van der Waals surface area contributed by atoms with Gasteiger partial charge < -0.3 is 4.57 Å². The van der Waals surface area contributed by atoms with E-state index in [1.165, 1.54) is 16.2 Å². The molecule has 0 aliphatic heterocycles. The maximum atomic E-state index is 11.4. The topological polar surface area (TPSA) is 72.7 Å². The summed E-state index contributed by atoms with van der Waals surface area (Å²) in [7, 11) is 3.13. The van der Waals surface area contributed by atoms with E-state index in [0.29, 0.717) is 0 Å². The van der Waals surface area contributed by atoms with Crippen LogP contribution in [-0.2, 0) is 14.1 Å². The number of rotatable bonds is 0. The SMILES string of the molecule is Cn1c(Cl)nc2c1c(=O)[nH]c(=O)n2C. The standard InChI is InChI=1S/C7H7ClN4O2/c1-11-3-4(9-6(11)8)12(2)7(14)10-5(3)13/h1-2H3,(H,10,13,14). The van der Waals surface area contributed by atoms with Gasteiger partial charge in [-0.2, -0.15) is 4.98 Å². The van der Waals surface area contributed by atoms with Gasteiger partial charge in [0.05, 0.1) is 0 Å². The van der Waals surface area contributed by atoms with E-state index >= 15 is 0 Å². The molecule has 6 nitrogen and oxygen atoms in total. The lowest BCUT2D eigenvalue weighted by Gasteiger charge is -1.97. The third-order valence-electron chi connectivity index (χ3n) is 2.08. The zero-order valence-electron chi connectivity index (χ0n) is 7.54. The fraction of sp³-hybridized carbons (Fsp3) is 0.286. The van der Waals surface area contributed by atoms with Crippen LogP contribution in [0.3, 0.4) is 0 Å². The molecule has 0 bridgehead atoms. The van der Waals surface area contributed by atoms with Crippen LogP contribution in [0.25, 0.3) is 11.2 Å². The van der Waals surface area contributed by atoms with Crippen LogP contribution in [0.4, 0.5) is 0 Å². The van der Waals surface area contributed by atoms with Gasteiger partial charge in [-0.1, -0.05) is 0 Å². The van der Waals surface area contributed by atoms with E-state index in [4.69, 9.17) is 11.6 Å². The lowest BCUT2D eigenvalue weighted by molar-refractivity contribution is 0.829. The number of H-pyrrole nitrogens is 1. The minimum Gasteiger partial charge on any atom is -0.312 e. The molecule has 74 valence electrons. The van der Waals surface area contributed by atoms with Gasteiger partial charge in [0.15, 0.2) is 11.2 Å². The number of aromatic nitrogens is 4. The van der Waals surface area contributed by atoms with E-state index in [2.05, 4.69) is 9.97 Å². The Balaban J connectivity index is 3.18. The summed E-state index contributed by atoms with van der Waals surface area (Å²) in [5.74, 6) is 0. The highest BCUT2D eigenvalue weighted by Crippen LogP contribution is 2.11. The van der Waals surface area contributed by atoms with Gasteiger partial charge in [-0.05, 0) is 11.6 Å². The number of hydrogen-bond acceptors (Lipinski definition) is 3. The fourth-order valence-corrected chi connectivity index (χ4v) is 1.45. The quantitative estimate of drug-likeness (QED) is 0.608. The summed E-state index contributed by atoms with van der Waals surface area (Å²) in [5.41, 5.74) is -0.411. The first kappa shape index (κ1) is 9.01. The van der Waals surface area contributed by atoms with Gasteiger partial charge in [-0.15, -0.1) is 0 Å². The lowest BCUT2D eigenvalue weighted by Crippen LogP contribution is -2.29. The smallest absolute Gasteiger partial charge is 0.312 e. The molecule has 0 aliphatic carbocycles. The van der Waals surface area contributed by atoms with E-state index < -0.39 is 11.2 Å². The highest BCUT2D eigenvalue weighted by molar-refractivity contribution is 6.29. The van der Waals surface area contributed by atoms with E-state index in [0.717, 1.165) is 0 Å². The molecule has 0 saturated heterocycles. The Morgan fingerprint density at radius 1 is 1.29 bits per heavy atom. The minimum atomic E-state index is -0.503. The summed E-state index contributed by atoms with van der Waals surface area (Å²) >= 11 is 5.73. The van der Waals surface area contributed by atoms with E-state index in [9.17, 15) is 9.59 Å². The van der Waals surface area contributed by atoms with Crippen LogP contribution < -0.4 is 11.2 Å². The molecule has 0 saturated carbocycles. The van der Waals surface area contributed by atoms with Crippen LogP contribution in [0.1, 0.15) is 0 Å². The van der Waals surface area contributed by atoms with Gasteiger partial charge in [0, 0.05) is 14.1 Å². The van der Waals surface area contributed by atoms with Crippen molar-refractivity contribution in [3.63, 3.8) is 0 Å². The van der Waals surface area contributed by atoms with Crippen molar-refractivity contribution in [1.82, 2.24) is 19.1 Å². The zero-order chi connectivity index (χ0) is 10.5. The van der Waals surface area contributed by atoms with Crippen LogP contribution >= 0.6 is 11.6 Å². The molecule has 0 aromatic carbocycles. The number of aryl methyl sites for hydroxylation is 2. The fourth-order valence-electron chi connectivity index (χ4n) is 1.28. The summed E-state index contributed by atoms with van der Waals surface area (Å²) in [4.78, 5) is 28.7. The Morgan fingerprint density at radius 2 is 1.93 bits per heavy atom. The van der Waals surface area contributed by atoms with Crippen LogP contribution in [0.5, 0.6) is 0 Å². The predicted molar refractivity (Wildman–Crippen MR) is 51.6 cm³/mol. The molecule has 2 aromatic rings. The average molecular weight is 215 g/mol. The highest BCUT2D eigenvalue weighted by Gasteiger charge is 2.12. The third kappa shape index (κ3) is 1.00. The van der Waals surface area contributed by atoms with E-state index in [1.54, 1.807) is 7.05 Å². The molecule has 2 rings (SSSR count). The number of nitrogens with one attached hydrogen (secondary N) is 1. The third-order valence-corrected chi connectivity index (χ3v) is 2.42. The average Bonchev–Trinajstić information content (AvgIpc) is 2.40. The van der Waals surface area contributed by atoms with Crippen molar-refractivity contribution in [2.45, 2.75) is 0 Å². The summed E-state index contributed by atoms with van der Waals surface area (Å²) in [5, 5.41) is 0.173. The van der Waals surface area contributed by atoms with Gasteiger partial charge >= 0.3 is 5.69 Å². The second-order valence-corrected chi connectivity index (χ2v) is 3.27. The maximum absolute atomic E-state index is 11.4. The largest absolute Gasteiger partial charge is 0.329 e. The Labute approximate surface area is 82.8 Å². The summed E-state index contributed by atoms with van der Waals surface area (Å²) in [6.45, 7) is 0. The Bertz CT molecular complexity index is 621. The molecular weight excluding hydrogens is 208 g/mol. The van der Waals surface area contributed by atoms with Crippen molar-refractivity contribution in [2.75, 3.05) is 0 Å². The first-order valence-electron chi connectivity index (χ1n) is 3.83. The minimum absolute atomic E-state index is 0.173. The summed E-state index contributed by atoms with van der Waals surface area (Å²) in [6, 6.07) is 0. The highest BCUT2D eigenvalue weighted by atomic mass is 35.5. The van der Waals surface area contributed by atoms with Crippen molar-refractivity contribution in [3.05, 3.63) is 26.1 Å². The first-order chi connectivity index (χ1) is 6.52. The van der Waals surface area contributed by atoms with Crippen molar-refractivity contribution < 1.29 is 0 Å². The number of halogens is 1. The van der Waals surface area contributed by atoms with Gasteiger partial charge in [-0.3, -0.25) is 14.3 Å². The molecule has 0 spiro atoms. The molecule has 0 radical (unpaired) electrons. The summed E-state index contributed by atoms with van der Waals surface area (Å²) in [6.07, 6.45) is 0. The van der Waals surface area contributed by atoms with Gasteiger partial charge in [0.25, 0.3) is 5.56 Å². The molecule has 0 aliphatic rings. The van der Waals surface area contributed by atoms with Gasteiger partial charge in [0.2, 0.25) is 5.28 Å². The Morgan fingerprint density at radius 3 is 2.57 bits per heavy atom. The van der Waals surface area contributed by atoms with Gasteiger partial charge in [-0.25, -0.2) is 4.79 Å². The molecule has 0 atom stereocenters. The molecule has 7 heteroatoms. The van der Waals surface area contributed by atoms with Crippen molar-refractivity contribution in [3.8, 4) is 0 Å². The van der Waals surface area contributed by atoms with Crippen molar-refractivity contribution in [2.24, 2.45) is 14.1 Å². The van der Waals surface area contributed by atoms with Crippen LogP contribution in [0, 0.1) is 0 Å². The zero-order valence-corrected chi connectivity index (χ0v) is 8.29. The normalized spacial score (nSPS) is 11.1. The number of hydrogen-bond donors (Lipinski definition) is 1. The van der Waals surface area contributed by atoms with Gasteiger partial charge in [0.1, 0.15) is 0 Å². The summed E-state index contributed by atoms with van der Waals surface area (Å²) < 4.78 is 2.66. The monoisotopic (exact) mass is 214 g/mol. The number of nitrogens with zero attached hydrogens (tertiary/aromatic N) is 3. The molecule has 0 fully saturated rings. The number of fused-ring (bicyclic) bond motifs is 1. The molecular formula is C7H7ClN4O2. The van der Waals surface area contributed by atoms with Crippen molar-refractivity contribution in [1.29, 1.82) is 0 Å². The van der Waals surface area contributed by atoms with Crippen molar-refractivity contribution >= 4 is 22.8 Å². The number of aromatic amines is 1. The maximum Gasteiger partial charge on any atom is 0.329 e. The molecule has 2 heterocycles. The number of imidazole rings is 1. The predicted octanol–water partition coefficient (Wildman–Crippen LogP) is -0.386.